The Morgan fingerprint density at radius 3 is 2.47 bits per heavy atom. The Bertz CT molecular complexity index is 445. The summed E-state index contributed by atoms with van der Waals surface area (Å²) in [5.74, 6) is -0.151. The van der Waals surface area contributed by atoms with Crippen molar-refractivity contribution in [1.29, 1.82) is 0 Å². The van der Waals surface area contributed by atoms with Crippen molar-refractivity contribution in [1.82, 2.24) is 4.90 Å². The van der Waals surface area contributed by atoms with Crippen molar-refractivity contribution >= 4 is 6.08 Å². The lowest BCUT2D eigenvalue weighted by Crippen LogP contribution is -2.45. The molecule has 2 heteroatoms. The molecule has 1 saturated heterocycles. The zero-order valence-corrected chi connectivity index (χ0v) is 11.4. The molecule has 0 radical (unpaired) electrons. The summed E-state index contributed by atoms with van der Waals surface area (Å²) in [5.41, 5.74) is 2.70. The molecule has 2 fully saturated rings. The summed E-state index contributed by atoms with van der Waals surface area (Å²) in [6, 6.07) is 7.53. The molecule has 1 aromatic carbocycles. The Balaban J connectivity index is 1.82. The number of nitrogens with zero attached hydrogens (tertiary/aromatic N) is 1. The second-order valence-corrected chi connectivity index (χ2v) is 5.78. The number of halogens is 1. The van der Waals surface area contributed by atoms with Gasteiger partial charge in [-0.1, -0.05) is 36.6 Å². The summed E-state index contributed by atoms with van der Waals surface area (Å²) in [7, 11) is 0. The molecule has 19 heavy (non-hydrogen) atoms. The van der Waals surface area contributed by atoms with Gasteiger partial charge in [0.25, 0.3) is 0 Å². The van der Waals surface area contributed by atoms with Gasteiger partial charge in [0.05, 0.1) is 0 Å². The van der Waals surface area contributed by atoms with Crippen LogP contribution in [0, 0.1) is 5.82 Å². The smallest absolute Gasteiger partial charge is 0.123 e. The lowest BCUT2D eigenvalue weighted by Gasteiger charge is -2.39. The van der Waals surface area contributed by atoms with Crippen LogP contribution in [0.15, 0.2) is 29.8 Å². The van der Waals surface area contributed by atoms with Crippen molar-refractivity contribution in [3.63, 3.8) is 0 Å². The van der Waals surface area contributed by atoms with Crippen LogP contribution in [0.1, 0.15) is 44.1 Å². The fourth-order valence-corrected chi connectivity index (χ4v) is 3.21. The quantitative estimate of drug-likeness (QED) is 0.718. The average Bonchev–Trinajstić information content (AvgIpc) is 2.57. The van der Waals surface area contributed by atoms with Gasteiger partial charge in [-0.2, -0.15) is 0 Å². The van der Waals surface area contributed by atoms with Gasteiger partial charge in [-0.25, -0.2) is 4.39 Å². The standard InChI is InChI=1S/C17H22FN/c18-16-9-7-14(8-10-16)13-15-5-2-1-3-6-17(15)19-11-4-12-19/h7-10,13,17H,1-6,11-12H2/b15-13-. The van der Waals surface area contributed by atoms with E-state index in [-0.39, 0.29) is 5.82 Å². The number of hydrogen-bond donors (Lipinski definition) is 0. The molecule has 1 atom stereocenters. The van der Waals surface area contributed by atoms with Crippen molar-refractivity contribution in [2.75, 3.05) is 13.1 Å². The molecule has 0 aromatic heterocycles. The highest BCUT2D eigenvalue weighted by Gasteiger charge is 2.27. The molecule has 1 aliphatic heterocycles. The first-order valence-corrected chi connectivity index (χ1v) is 7.53. The Kier molecular flexibility index (Phi) is 3.97. The van der Waals surface area contributed by atoms with E-state index in [0.717, 1.165) is 5.56 Å². The molecule has 1 nitrogen and oxygen atoms in total. The summed E-state index contributed by atoms with van der Waals surface area (Å²) in [6.45, 7) is 2.51. The SMILES string of the molecule is Fc1ccc(/C=C2/CCCCCC2N2CCC2)cc1. The molecule has 1 heterocycles. The zero-order chi connectivity index (χ0) is 13.1. The van der Waals surface area contributed by atoms with Gasteiger partial charge >= 0.3 is 0 Å². The van der Waals surface area contributed by atoms with E-state index in [1.54, 1.807) is 17.7 Å². The minimum absolute atomic E-state index is 0.151. The first kappa shape index (κ1) is 12.9. The average molecular weight is 259 g/mol. The fourth-order valence-electron chi connectivity index (χ4n) is 3.21. The summed E-state index contributed by atoms with van der Waals surface area (Å²) in [5, 5.41) is 0. The third-order valence-electron chi connectivity index (χ3n) is 4.42. The summed E-state index contributed by atoms with van der Waals surface area (Å²) in [4.78, 5) is 2.61. The van der Waals surface area contributed by atoms with Crippen LogP contribution in [-0.2, 0) is 0 Å². The van der Waals surface area contributed by atoms with E-state index in [1.807, 2.05) is 12.1 Å². The Hall–Kier alpha value is -1.15. The number of rotatable bonds is 2. The molecule has 3 rings (SSSR count). The van der Waals surface area contributed by atoms with E-state index >= 15 is 0 Å². The largest absolute Gasteiger partial charge is 0.297 e. The molecule has 2 aliphatic rings. The lowest BCUT2D eigenvalue weighted by atomic mass is 9.95. The lowest BCUT2D eigenvalue weighted by molar-refractivity contribution is 0.131. The van der Waals surface area contributed by atoms with E-state index in [1.165, 1.54) is 51.6 Å². The van der Waals surface area contributed by atoms with Gasteiger partial charge in [-0.15, -0.1) is 0 Å². The van der Waals surface area contributed by atoms with Gasteiger partial charge in [0.1, 0.15) is 5.82 Å². The van der Waals surface area contributed by atoms with Crippen LogP contribution in [0.3, 0.4) is 0 Å². The van der Waals surface area contributed by atoms with Gasteiger partial charge in [0.15, 0.2) is 0 Å². The van der Waals surface area contributed by atoms with Gasteiger partial charge in [0, 0.05) is 6.04 Å². The summed E-state index contributed by atoms with van der Waals surface area (Å²) in [6.07, 6.45) is 10.2. The molecule has 0 spiro atoms. The van der Waals surface area contributed by atoms with Crippen molar-refractivity contribution in [3.05, 3.63) is 41.2 Å². The molecule has 1 unspecified atom stereocenters. The molecular formula is C17H22FN. The molecule has 1 aliphatic carbocycles. The maximum Gasteiger partial charge on any atom is 0.123 e. The topological polar surface area (TPSA) is 3.24 Å². The molecule has 1 aromatic rings. The van der Waals surface area contributed by atoms with Crippen molar-refractivity contribution in [2.24, 2.45) is 0 Å². The van der Waals surface area contributed by atoms with E-state index in [9.17, 15) is 4.39 Å². The van der Waals surface area contributed by atoms with Crippen LogP contribution < -0.4 is 0 Å². The molecule has 1 saturated carbocycles. The van der Waals surface area contributed by atoms with Crippen molar-refractivity contribution < 1.29 is 4.39 Å². The fraction of sp³-hybridized carbons (Fsp3) is 0.529. The minimum atomic E-state index is -0.151. The number of hydrogen-bond acceptors (Lipinski definition) is 1. The van der Waals surface area contributed by atoms with Crippen LogP contribution in [0.4, 0.5) is 4.39 Å². The predicted molar refractivity (Wildman–Crippen MR) is 77.4 cm³/mol. The van der Waals surface area contributed by atoms with Gasteiger partial charge in [0.2, 0.25) is 0 Å². The molecule has 102 valence electrons. The number of benzene rings is 1. The zero-order valence-electron chi connectivity index (χ0n) is 11.4. The molecule has 0 bridgehead atoms. The normalized spacial score (nSPS) is 27.0. The first-order chi connectivity index (χ1) is 9.33. The van der Waals surface area contributed by atoms with Crippen molar-refractivity contribution in [2.45, 2.75) is 44.6 Å². The van der Waals surface area contributed by atoms with Gasteiger partial charge in [-0.05, 0) is 56.5 Å². The van der Waals surface area contributed by atoms with Crippen LogP contribution in [0.2, 0.25) is 0 Å². The Morgan fingerprint density at radius 2 is 1.79 bits per heavy atom. The van der Waals surface area contributed by atoms with Crippen LogP contribution >= 0.6 is 0 Å². The minimum Gasteiger partial charge on any atom is -0.297 e. The van der Waals surface area contributed by atoms with Crippen molar-refractivity contribution in [3.8, 4) is 0 Å². The van der Waals surface area contributed by atoms with Gasteiger partial charge in [-0.3, -0.25) is 4.90 Å². The highest BCUT2D eigenvalue weighted by Crippen LogP contribution is 2.31. The Morgan fingerprint density at radius 1 is 1.00 bits per heavy atom. The third kappa shape index (κ3) is 3.06. The molecule has 0 amide bonds. The van der Waals surface area contributed by atoms with Crippen LogP contribution in [-0.4, -0.2) is 24.0 Å². The second kappa shape index (κ2) is 5.87. The molecular weight excluding hydrogens is 237 g/mol. The van der Waals surface area contributed by atoms with E-state index in [0.29, 0.717) is 6.04 Å². The van der Waals surface area contributed by atoms with Crippen LogP contribution in [0.5, 0.6) is 0 Å². The molecule has 0 N–H and O–H groups in total. The van der Waals surface area contributed by atoms with Gasteiger partial charge < -0.3 is 0 Å². The van der Waals surface area contributed by atoms with Crippen LogP contribution in [0.25, 0.3) is 6.08 Å². The monoisotopic (exact) mass is 259 g/mol. The second-order valence-electron chi connectivity index (χ2n) is 5.78. The summed E-state index contributed by atoms with van der Waals surface area (Å²) >= 11 is 0. The number of likely N-dealkylation sites (tertiary alicyclic amines) is 1. The maximum atomic E-state index is 13.0. The van der Waals surface area contributed by atoms with E-state index in [4.69, 9.17) is 0 Å². The first-order valence-electron chi connectivity index (χ1n) is 7.53. The highest BCUT2D eigenvalue weighted by atomic mass is 19.1. The predicted octanol–water partition coefficient (Wildman–Crippen LogP) is 4.25. The highest BCUT2D eigenvalue weighted by molar-refractivity contribution is 5.54. The summed E-state index contributed by atoms with van der Waals surface area (Å²) < 4.78 is 13.0. The third-order valence-corrected chi connectivity index (χ3v) is 4.42. The maximum absolute atomic E-state index is 13.0. The Labute approximate surface area is 115 Å². The van der Waals surface area contributed by atoms with E-state index < -0.39 is 0 Å². The van der Waals surface area contributed by atoms with E-state index in [2.05, 4.69) is 11.0 Å².